The van der Waals surface area contributed by atoms with Crippen molar-refractivity contribution in [2.75, 3.05) is 30.4 Å². The van der Waals surface area contributed by atoms with Gasteiger partial charge in [0.05, 0.1) is 18.1 Å². The molecule has 1 N–H and O–H groups in total. The maximum Gasteiger partial charge on any atom is 0.217 e. The van der Waals surface area contributed by atoms with Crippen LogP contribution in [0.25, 0.3) is 11.0 Å². The molecule has 4 aromatic rings. The quantitative estimate of drug-likeness (QED) is 0.534. The van der Waals surface area contributed by atoms with Gasteiger partial charge in [0.1, 0.15) is 36.9 Å². The van der Waals surface area contributed by atoms with Crippen LogP contribution >= 0.6 is 0 Å². The minimum Gasteiger partial charge on any atom is -0.497 e. The molecular formula is C22H23N9O. The van der Waals surface area contributed by atoms with E-state index in [1.807, 2.05) is 48.9 Å². The van der Waals surface area contributed by atoms with Crippen LogP contribution in [-0.2, 0) is 0 Å². The molecular weight excluding hydrogens is 406 g/mol. The number of imidazole rings is 1. The van der Waals surface area contributed by atoms with Crippen molar-refractivity contribution in [2.45, 2.75) is 20.0 Å². The third-order valence-electron chi connectivity index (χ3n) is 5.95. The van der Waals surface area contributed by atoms with Gasteiger partial charge in [-0.25, -0.2) is 14.7 Å². The third kappa shape index (κ3) is 2.72. The summed E-state index contributed by atoms with van der Waals surface area (Å²) in [7, 11) is 1.68. The summed E-state index contributed by atoms with van der Waals surface area (Å²) in [5.74, 6) is 4.13. The fourth-order valence-electron chi connectivity index (χ4n) is 4.47. The zero-order valence-corrected chi connectivity index (χ0v) is 18.1. The van der Waals surface area contributed by atoms with Crippen LogP contribution in [0.2, 0.25) is 0 Å². The van der Waals surface area contributed by atoms with Gasteiger partial charge in [0, 0.05) is 0 Å². The number of guanidine groups is 1. The highest BCUT2D eigenvalue weighted by Crippen LogP contribution is 2.34. The minimum atomic E-state index is -0.136. The number of aryl methyl sites for hydroxylation is 2. The third-order valence-corrected chi connectivity index (χ3v) is 5.95. The van der Waals surface area contributed by atoms with Gasteiger partial charge in [0.25, 0.3) is 0 Å². The van der Waals surface area contributed by atoms with E-state index in [1.165, 1.54) is 0 Å². The van der Waals surface area contributed by atoms with E-state index < -0.39 is 0 Å². The van der Waals surface area contributed by atoms with Gasteiger partial charge >= 0.3 is 0 Å². The summed E-state index contributed by atoms with van der Waals surface area (Å²) >= 11 is 0. The summed E-state index contributed by atoms with van der Waals surface area (Å²) in [6, 6.07) is 16.3. The number of anilines is 1. The number of nitrogens with zero attached hydrogens (tertiary/aromatic N) is 8. The molecule has 2 aliphatic heterocycles. The average molecular weight is 429 g/mol. The molecule has 0 saturated carbocycles. The van der Waals surface area contributed by atoms with Crippen LogP contribution in [-0.4, -0.2) is 50.8 Å². The molecule has 32 heavy (non-hydrogen) atoms. The number of hydrogen-bond acceptors (Lipinski definition) is 8. The molecule has 0 bridgehead atoms. The Morgan fingerprint density at radius 2 is 1.75 bits per heavy atom. The van der Waals surface area contributed by atoms with Crippen molar-refractivity contribution in [1.82, 2.24) is 29.7 Å². The van der Waals surface area contributed by atoms with Crippen molar-refractivity contribution in [2.24, 2.45) is 4.99 Å². The molecule has 162 valence electrons. The Labute approximate surface area is 184 Å². The van der Waals surface area contributed by atoms with E-state index in [1.54, 1.807) is 7.11 Å². The Kier molecular flexibility index (Phi) is 4.07. The van der Waals surface area contributed by atoms with Crippen LogP contribution in [0.5, 0.6) is 5.75 Å². The van der Waals surface area contributed by atoms with Crippen molar-refractivity contribution >= 4 is 22.9 Å². The summed E-state index contributed by atoms with van der Waals surface area (Å²) in [4.78, 5) is 11.9. The predicted octanol–water partition coefficient (Wildman–Crippen LogP) is 2.13. The van der Waals surface area contributed by atoms with Crippen LogP contribution < -0.4 is 20.0 Å². The molecule has 0 radical (unpaired) electrons. The second kappa shape index (κ2) is 6.98. The first-order valence-corrected chi connectivity index (χ1v) is 10.5. The number of ether oxygens (including phenoxy) is 1. The number of aliphatic imine (C=N–C) groups is 1. The predicted molar refractivity (Wildman–Crippen MR) is 121 cm³/mol. The molecule has 4 heterocycles. The minimum absolute atomic E-state index is 0.136. The lowest BCUT2D eigenvalue weighted by molar-refractivity contribution is 0.414. The average Bonchev–Trinajstić information content (AvgIpc) is 3.38. The van der Waals surface area contributed by atoms with Crippen molar-refractivity contribution in [3.8, 4) is 5.75 Å². The van der Waals surface area contributed by atoms with E-state index in [9.17, 15) is 0 Å². The van der Waals surface area contributed by atoms with E-state index in [2.05, 4.69) is 48.2 Å². The number of nitrogens with one attached hydrogen (secondary N) is 1. The topological polar surface area (TPSA) is 88.6 Å². The first-order valence-electron chi connectivity index (χ1n) is 10.5. The monoisotopic (exact) mass is 429 g/mol. The molecule has 2 aliphatic rings. The SMILES string of the molecule is COc1ccc([C@H]2NC3=NCN(n4c(C)nnc4C)CN3c3nc4ccccc4n32)cc1. The van der Waals surface area contributed by atoms with Crippen molar-refractivity contribution in [3.05, 3.63) is 65.7 Å². The second-order valence-electron chi connectivity index (χ2n) is 7.90. The highest BCUT2D eigenvalue weighted by molar-refractivity contribution is 5.99. The Bertz CT molecular complexity index is 1320. The van der Waals surface area contributed by atoms with Crippen LogP contribution in [0.4, 0.5) is 5.95 Å². The Morgan fingerprint density at radius 1 is 1.00 bits per heavy atom. The van der Waals surface area contributed by atoms with Crippen LogP contribution in [0.3, 0.4) is 0 Å². The Morgan fingerprint density at radius 3 is 2.50 bits per heavy atom. The molecule has 1 atom stereocenters. The second-order valence-corrected chi connectivity index (χ2v) is 7.90. The molecule has 0 fully saturated rings. The van der Waals surface area contributed by atoms with Gasteiger partial charge in [-0.05, 0) is 43.7 Å². The summed E-state index contributed by atoms with van der Waals surface area (Å²) in [5.41, 5.74) is 3.10. The van der Waals surface area contributed by atoms with Crippen molar-refractivity contribution in [3.63, 3.8) is 0 Å². The van der Waals surface area contributed by atoms with E-state index in [0.717, 1.165) is 45.9 Å². The molecule has 0 spiro atoms. The molecule has 0 aliphatic carbocycles. The number of methoxy groups -OCH3 is 1. The maximum absolute atomic E-state index is 5.34. The highest BCUT2D eigenvalue weighted by atomic mass is 16.5. The van der Waals surface area contributed by atoms with E-state index in [4.69, 9.17) is 14.7 Å². The standard InChI is InChI=1S/C22H23N9O/c1-14-26-27-15(2)31(14)28-12-23-21-25-20(16-8-10-17(32-3)11-9-16)30-19-7-5-4-6-18(19)24-22(30)29(21)13-28/h4-11,20H,12-13H2,1-3H3,(H,23,25)/t20-/m0/s1. The normalized spacial score (nSPS) is 17.6. The summed E-state index contributed by atoms with van der Waals surface area (Å²) in [6.45, 7) is 4.96. The number of aromatic nitrogens is 5. The van der Waals surface area contributed by atoms with Crippen molar-refractivity contribution in [1.29, 1.82) is 0 Å². The number of para-hydroxylation sites is 2. The largest absolute Gasteiger partial charge is 0.497 e. The van der Waals surface area contributed by atoms with Crippen LogP contribution in [0.15, 0.2) is 53.5 Å². The van der Waals surface area contributed by atoms with E-state index in [0.29, 0.717) is 13.3 Å². The lowest BCUT2D eigenvalue weighted by atomic mass is 10.1. The first-order chi connectivity index (χ1) is 15.6. The Hall–Kier alpha value is -4.08. The first kappa shape index (κ1) is 18.7. The molecule has 6 rings (SSSR count). The van der Waals surface area contributed by atoms with Gasteiger partial charge in [-0.15, -0.1) is 10.2 Å². The highest BCUT2D eigenvalue weighted by Gasteiger charge is 2.36. The number of hydrogen-bond donors (Lipinski definition) is 1. The van der Waals surface area contributed by atoms with Gasteiger partial charge in [0.15, 0.2) is 0 Å². The van der Waals surface area contributed by atoms with Crippen LogP contribution in [0, 0.1) is 13.8 Å². The van der Waals surface area contributed by atoms with Gasteiger partial charge in [-0.1, -0.05) is 24.3 Å². The van der Waals surface area contributed by atoms with E-state index >= 15 is 0 Å². The van der Waals surface area contributed by atoms with Gasteiger partial charge in [-0.3, -0.25) is 14.5 Å². The molecule has 2 aromatic carbocycles. The number of fused-ring (bicyclic) bond motifs is 5. The van der Waals surface area contributed by atoms with Crippen molar-refractivity contribution < 1.29 is 4.74 Å². The fourth-order valence-corrected chi connectivity index (χ4v) is 4.47. The maximum atomic E-state index is 5.34. The molecule has 0 amide bonds. The van der Waals surface area contributed by atoms with Crippen LogP contribution in [0.1, 0.15) is 23.4 Å². The van der Waals surface area contributed by atoms with Gasteiger partial charge in [-0.2, -0.15) is 0 Å². The molecule has 0 saturated heterocycles. The molecule has 10 heteroatoms. The molecule has 2 aromatic heterocycles. The number of benzene rings is 2. The Balaban J connectivity index is 1.48. The smallest absolute Gasteiger partial charge is 0.217 e. The summed E-state index contributed by atoms with van der Waals surface area (Å²) in [5, 5.41) is 14.1. The van der Waals surface area contributed by atoms with E-state index in [-0.39, 0.29) is 6.17 Å². The van der Waals surface area contributed by atoms with Gasteiger partial charge in [0.2, 0.25) is 11.9 Å². The zero-order chi connectivity index (χ0) is 21.8. The zero-order valence-electron chi connectivity index (χ0n) is 18.1. The lowest BCUT2D eigenvalue weighted by Crippen LogP contribution is -2.59. The number of rotatable bonds is 3. The fraction of sp³-hybridized carbons (Fsp3) is 0.273. The summed E-state index contributed by atoms with van der Waals surface area (Å²) < 4.78 is 9.57. The summed E-state index contributed by atoms with van der Waals surface area (Å²) in [6.07, 6.45) is -0.136. The molecule has 0 unspecified atom stereocenters. The molecule has 10 nitrogen and oxygen atoms in total. The lowest BCUT2D eigenvalue weighted by Gasteiger charge is -2.42. The van der Waals surface area contributed by atoms with Gasteiger partial charge < -0.3 is 10.1 Å².